The van der Waals surface area contributed by atoms with E-state index >= 15 is 0 Å². The molecule has 0 N–H and O–H groups in total. The van der Waals surface area contributed by atoms with Crippen molar-refractivity contribution < 1.29 is 13.9 Å². The van der Waals surface area contributed by atoms with Gasteiger partial charge < -0.3 is 4.74 Å². The van der Waals surface area contributed by atoms with Crippen LogP contribution in [-0.2, 0) is 9.53 Å². The summed E-state index contributed by atoms with van der Waals surface area (Å²) in [6, 6.07) is 0. The predicted octanol–water partition coefficient (Wildman–Crippen LogP) is 2.48. The molecule has 0 radical (unpaired) electrons. The van der Waals surface area contributed by atoms with Crippen molar-refractivity contribution in [3.05, 3.63) is 0 Å². The second kappa shape index (κ2) is 4.31. The molecule has 0 saturated heterocycles. The molecule has 1 unspecified atom stereocenters. The molecule has 0 aliphatic heterocycles. The maximum atomic E-state index is 13.4. The van der Waals surface area contributed by atoms with Crippen molar-refractivity contribution in [2.75, 3.05) is 0 Å². The van der Waals surface area contributed by atoms with Gasteiger partial charge in [0.25, 0.3) is 0 Å². The summed E-state index contributed by atoms with van der Waals surface area (Å²) in [7, 11) is 0. The van der Waals surface area contributed by atoms with E-state index in [9.17, 15) is 9.18 Å². The van der Waals surface area contributed by atoms with Crippen molar-refractivity contribution >= 4 is 18.6 Å². The van der Waals surface area contributed by atoms with Crippen LogP contribution in [0.25, 0.3) is 0 Å². The topological polar surface area (TPSA) is 26.3 Å². The SMILES string of the molecule is CCCC(F)(S)C(=O)OC1CCC1. The molecule has 1 atom stereocenters. The van der Waals surface area contributed by atoms with Crippen molar-refractivity contribution in [2.45, 2.75) is 50.1 Å². The molecule has 1 aliphatic carbocycles. The van der Waals surface area contributed by atoms with Gasteiger partial charge >= 0.3 is 5.97 Å². The molecular formula is C9H15FO2S. The van der Waals surface area contributed by atoms with Gasteiger partial charge in [0.05, 0.1) is 0 Å². The molecule has 4 heteroatoms. The van der Waals surface area contributed by atoms with E-state index in [1.54, 1.807) is 6.92 Å². The number of hydrogen-bond donors (Lipinski definition) is 1. The largest absolute Gasteiger partial charge is 0.459 e. The average molecular weight is 206 g/mol. The molecule has 0 aromatic rings. The van der Waals surface area contributed by atoms with Crippen molar-refractivity contribution in [1.29, 1.82) is 0 Å². The summed E-state index contributed by atoms with van der Waals surface area (Å²) in [5.74, 6) is -0.817. The van der Waals surface area contributed by atoms with E-state index in [0.717, 1.165) is 19.3 Å². The number of rotatable bonds is 4. The van der Waals surface area contributed by atoms with Gasteiger partial charge in [0.2, 0.25) is 5.00 Å². The van der Waals surface area contributed by atoms with Crippen molar-refractivity contribution in [3.63, 3.8) is 0 Å². The van der Waals surface area contributed by atoms with E-state index in [1.807, 2.05) is 0 Å². The maximum absolute atomic E-state index is 13.4. The fourth-order valence-corrected chi connectivity index (χ4v) is 1.44. The molecule has 0 aromatic carbocycles. The van der Waals surface area contributed by atoms with E-state index in [2.05, 4.69) is 12.6 Å². The molecule has 0 bridgehead atoms. The Morgan fingerprint density at radius 1 is 1.69 bits per heavy atom. The Morgan fingerprint density at radius 3 is 2.69 bits per heavy atom. The molecular weight excluding hydrogens is 191 g/mol. The molecule has 0 amide bonds. The first kappa shape index (κ1) is 10.8. The fraction of sp³-hybridized carbons (Fsp3) is 0.889. The Morgan fingerprint density at radius 2 is 2.31 bits per heavy atom. The van der Waals surface area contributed by atoms with Gasteiger partial charge in [0, 0.05) is 6.42 Å². The molecule has 76 valence electrons. The molecule has 1 saturated carbocycles. The van der Waals surface area contributed by atoms with Crippen LogP contribution in [0.15, 0.2) is 0 Å². The first-order valence-electron chi connectivity index (χ1n) is 4.68. The second-order valence-corrected chi connectivity index (χ2v) is 4.18. The number of carbonyl (C=O) groups is 1. The zero-order valence-electron chi connectivity index (χ0n) is 7.75. The van der Waals surface area contributed by atoms with Gasteiger partial charge in [-0.25, -0.2) is 9.18 Å². The first-order chi connectivity index (χ1) is 6.06. The average Bonchev–Trinajstić information content (AvgIpc) is 1.96. The van der Waals surface area contributed by atoms with Gasteiger partial charge in [-0.1, -0.05) is 13.3 Å². The van der Waals surface area contributed by atoms with E-state index in [-0.39, 0.29) is 12.5 Å². The molecule has 1 fully saturated rings. The van der Waals surface area contributed by atoms with Crippen molar-refractivity contribution in [1.82, 2.24) is 0 Å². The smallest absolute Gasteiger partial charge is 0.354 e. The number of ether oxygens (including phenoxy) is 1. The van der Waals surface area contributed by atoms with Crippen LogP contribution in [-0.4, -0.2) is 17.1 Å². The number of hydrogen-bond acceptors (Lipinski definition) is 3. The Bertz CT molecular complexity index is 190. The Hall–Kier alpha value is -0.250. The van der Waals surface area contributed by atoms with Gasteiger partial charge in [-0.3, -0.25) is 0 Å². The Labute approximate surface area is 83.2 Å². The molecule has 0 aromatic heterocycles. The highest BCUT2D eigenvalue weighted by Gasteiger charge is 2.37. The van der Waals surface area contributed by atoms with Gasteiger partial charge in [-0.05, 0) is 19.3 Å². The number of halogens is 1. The summed E-state index contributed by atoms with van der Waals surface area (Å²) in [6.45, 7) is 1.81. The van der Waals surface area contributed by atoms with Crippen molar-refractivity contribution in [2.24, 2.45) is 0 Å². The number of carbonyl (C=O) groups excluding carboxylic acids is 1. The van der Waals surface area contributed by atoms with Crippen LogP contribution in [0.1, 0.15) is 39.0 Å². The van der Waals surface area contributed by atoms with E-state index in [1.165, 1.54) is 0 Å². The van der Waals surface area contributed by atoms with Crippen LogP contribution < -0.4 is 0 Å². The lowest BCUT2D eigenvalue weighted by molar-refractivity contribution is -0.161. The third-order valence-electron chi connectivity index (χ3n) is 2.22. The van der Waals surface area contributed by atoms with E-state index in [4.69, 9.17) is 4.74 Å². The summed E-state index contributed by atoms with van der Waals surface area (Å²) >= 11 is 3.66. The van der Waals surface area contributed by atoms with Crippen LogP contribution in [0.2, 0.25) is 0 Å². The summed E-state index contributed by atoms with van der Waals surface area (Å²) < 4.78 is 18.3. The number of esters is 1. The van der Waals surface area contributed by atoms with Crippen LogP contribution in [0.3, 0.4) is 0 Å². The van der Waals surface area contributed by atoms with Gasteiger partial charge in [-0.2, -0.15) is 0 Å². The second-order valence-electron chi connectivity index (χ2n) is 3.47. The highest BCUT2D eigenvalue weighted by Crippen LogP contribution is 2.29. The fourth-order valence-electron chi connectivity index (χ4n) is 1.16. The lowest BCUT2D eigenvalue weighted by atomic mass is 9.96. The van der Waals surface area contributed by atoms with E-state index in [0.29, 0.717) is 6.42 Å². The summed E-state index contributed by atoms with van der Waals surface area (Å²) in [6.07, 6.45) is 3.43. The quantitative estimate of drug-likeness (QED) is 0.565. The minimum absolute atomic E-state index is 0.0633. The lowest BCUT2D eigenvalue weighted by Crippen LogP contribution is -2.35. The summed E-state index contributed by atoms with van der Waals surface area (Å²) in [5.41, 5.74) is 0. The van der Waals surface area contributed by atoms with E-state index < -0.39 is 11.0 Å². The van der Waals surface area contributed by atoms with Crippen molar-refractivity contribution in [3.8, 4) is 0 Å². The number of thiol groups is 1. The van der Waals surface area contributed by atoms with Gasteiger partial charge in [0.15, 0.2) is 0 Å². The van der Waals surface area contributed by atoms with Crippen LogP contribution in [0.5, 0.6) is 0 Å². The van der Waals surface area contributed by atoms with Crippen LogP contribution in [0.4, 0.5) is 4.39 Å². The predicted molar refractivity (Wildman–Crippen MR) is 51.5 cm³/mol. The zero-order valence-corrected chi connectivity index (χ0v) is 8.65. The first-order valence-corrected chi connectivity index (χ1v) is 5.13. The summed E-state index contributed by atoms with van der Waals surface area (Å²) in [5, 5.41) is -2.09. The van der Waals surface area contributed by atoms with Gasteiger partial charge in [-0.15, -0.1) is 12.6 Å². The normalized spacial score (nSPS) is 21.8. The molecule has 13 heavy (non-hydrogen) atoms. The standard InChI is InChI=1S/C9H15FO2S/c1-2-6-9(10,13)8(11)12-7-4-3-5-7/h7,13H,2-6H2,1H3. The van der Waals surface area contributed by atoms with Crippen LogP contribution in [0, 0.1) is 0 Å². The highest BCUT2D eigenvalue weighted by molar-refractivity contribution is 7.82. The molecule has 1 aliphatic rings. The molecule has 0 heterocycles. The maximum Gasteiger partial charge on any atom is 0.354 e. The highest BCUT2D eigenvalue weighted by atomic mass is 32.1. The molecule has 1 rings (SSSR count). The summed E-state index contributed by atoms with van der Waals surface area (Å²) in [4.78, 5) is 11.2. The number of alkyl halides is 1. The molecule has 2 nitrogen and oxygen atoms in total. The van der Waals surface area contributed by atoms with Gasteiger partial charge in [0.1, 0.15) is 6.10 Å². The lowest BCUT2D eigenvalue weighted by Gasteiger charge is -2.28. The Kier molecular flexibility index (Phi) is 3.59. The monoisotopic (exact) mass is 206 g/mol. The third kappa shape index (κ3) is 2.86. The molecule has 0 spiro atoms. The third-order valence-corrected chi connectivity index (χ3v) is 2.63. The Balaban J connectivity index is 2.35. The minimum atomic E-state index is -2.09. The zero-order chi connectivity index (χ0) is 9.90. The van der Waals surface area contributed by atoms with Crippen LogP contribution >= 0.6 is 12.6 Å². The minimum Gasteiger partial charge on any atom is -0.459 e.